The zero-order valence-electron chi connectivity index (χ0n) is 20.5. The SMILES string of the molecule is COc1ccc(C(=O)[C@@H]2[C@H]3C(=C(c4ccccc4)c4ccccc4)C=C[C@H]3ON2c2ccccc2)cc1. The van der Waals surface area contributed by atoms with Crippen LogP contribution < -0.4 is 9.80 Å². The summed E-state index contributed by atoms with van der Waals surface area (Å²) in [4.78, 5) is 20.7. The fraction of sp³-hybridized carbons (Fsp3) is 0.121. The highest BCUT2D eigenvalue weighted by atomic mass is 16.7. The Bertz CT molecular complexity index is 1400. The largest absolute Gasteiger partial charge is 0.497 e. The number of para-hydroxylation sites is 1. The first-order valence-corrected chi connectivity index (χ1v) is 12.5. The molecule has 6 rings (SSSR count). The van der Waals surface area contributed by atoms with E-state index in [4.69, 9.17) is 9.57 Å². The smallest absolute Gasteiger partial charge is 0.188 e. The molecule has 4 aromatic rings. The van der Waals surface area contributed by atoms with Gasteiger partial charge in [0.25, 0.3) is 0 Å². The van der Waals surface area contributed by atoms with Crippen molar-refractivity contribution in [2.45, 2.75) is 12.1 Å². The lowest BCUT2D eigenvalue weighted by Crippen LogP contribution is -2.40. The Kier molecular flexibility index (Phi) is 6.17. The number of rotatable bonds is 6. The molecule has 0 spiro atoms. The predicted octanol–water partition coefficient (Wildman–Crippen LogP) is 6.76. The van der Waals surface area contributed by atoms with E-state index in [2.05, 4.69) is 60.7 Å². The molecule has 0 amide bonds. The topological polar surface area (TPSA) is 38.8 Å². The number of ketones is 1. The molecule has 4 aromatic carbocycles. The summed E-state index contributed by atoms with van der Waals surface area (Å²) in [7, 11) is 1.62. The second-order valence-corrected chi connectivity index (χ2v) is 9.22. The third-order valence-corrected chi connectivity index (χ3v) is 7.07. The van der Waals surface area contributed by atoms with Crippen molar-refractivity contribution in [3.63, 3.8) is 0 Å². The van der Waals surface area contributed by atoms with Gasteiger partial charge in [-0.2, -0.15) is 0 Å². The minimum absolute atomic E-state index is 0.0145. The van der Waals surface area contributed by atoms with Crippen LogP contribution in [-0.4, -0.2) is 25.0 Å². The number of carbonyl (C=O) groups excluding carboxylic acids is 1. The van der Waals surface area contributed by atoms with Crippen molar-refractivity contribution in [2.75, 3.05) is 12.2 Å². The Balaban J connectivity index is 1.52. The highest BCUT2D eigenvalue weighted by Gasteiger charge is 2.51. The van der Waals surface area contributed by atoms with Crippen molar-refractivity contribution in [1.29, 1.82) is 0 Å². The molecule has 0 aromatic heterocycles. The first-order valence-electron chi connectivity index (χ1n) is 12.5. The van der Waals surface area contributed by atoms with Crippen molar-refractivity contribution < 1.29 is 14.4 Å². The molecule has 4 heteroatoms. The molecule has 1 saturated heterocycles. The summed E-state index contributed by atoms with van der Waals surface area (Å²) >= 11 is 0. The summed E-state index contributed by atoms with van der Waals surface area (Å²) in [5, 5.41) is 1.80. The Morgan fingerprint density at radius 1 is 0.730 bits per heavy atom. The van der Waals surface area contributed by atoms with Crippen LogP contribution in [0.2, 0.25) is 0 Å². The molecule has 1 aliphatic heterocycles. The molecule has 4 nitrogen and oxygen atoms in total. The lowest BCUT2D eigenvalue weighted by Gasteiger charge is -2.27. The summed E-state index contributed by atoms with van der Waals surface area (Å²) in [5.41, 5.74) is 5.94. The number of ether oxygens (including phenoxy) is 1. The van der Waals surface area contributed by atoms with E-state index in [1.165, 1.54) is 0 Å². The summed E-state index contributed by atoms with van der Waals surface area (Å²) in [5.74, 6) is 0.557. The molecule has 0 bridgehead atoms. The molecule has 1 fully saturated rings. The van der Waals surface area contributed by atoms with Crippen LogP contribution in [0, 0.1) is 5.92 Å². The fourth-order valence-corrected chi connectivity index (χ4v) is 5.35. The second-order valence-electron chi connectivity index (χ2n) is 9.22. The number of carbonyl (C=O) groups is 1. The van der Waals surface area contributed by atoms with Gasteiger partial charge in [0.05, 0.1) is 12.8 Å². The van der Waals surface area contributed by atoms with Gasteiger partial charge in [-0.3, -0.25) is 9.63 Å². The van der Waals surface area contributed by atoms with Crippen LogP contribution in [0.3, 0.4) is 0 Å². The highest BCUT2D eigenvalue weighted by Crippen LogP contribution is 2.46. The van der Waals surface area contributed by atoms with Crippen molar-refractivity contribution >= 4 is 17.0 Å². The van der Waals surface area contributed by atoms with E-state index in [-0.39, 0.29) is 17.8 Å². The number of fused-ring (bicyclic) bond motifs is 1. The maximum Gasteiger partial charge on any atom is 0.188 e. The minimum Gasteiger partial charge on any atom is -0.497 e. The molecule has 2 aliphatic rings. The molecule has 37 heavy (non-hydrogen) atoms. The lowest BCUT2D eigenvalue weighted by atomic mass is 9.81. The van der Waals surface area contributed by atoms with E-state index in [9.17, 15) is 4.79 Å². The van der Waals surface area contributed by atoms with Gasteiger partial charge in [-0.1, -0.05) is 91.0 Å². The highest BCUT2D eigenvalue weighted by molar-refractivity contribution is 6.03. The molecule has 182 valence electrons. The van der Waals surface area contributed by atoms with Gasteiger partial charge in [-0.25, -0.2) is 5.06 Å². The van der Waals surface area contributed by atoms with Crippen LogP contribution in [-0.2, 0) is 4.84 Å². The number of hydrogen-bond acceptors (Lipinski definition) is 4. The van der Waals surface area contributed by atoms with Gasteiger partial charge in [0, 0.05) is 11.5 Å². The summed E-state index contributed by atoms with van der Waals surface area (Å²) in [6.45, 7) is 0. The van der Waals surface area contributed by atoms with Crippen LogP contribution in [0.5, 0.6) is 5.75 Å². The third kappa shape index (κ3) is 4.26. The van der Waals surface area contributed by atoms with E-state index >= 15 is 0 Å². The zero-order valence-corrected chi connectivity index (χ0v) is 20.5. The standard InChI is InChI=1S/C33H27NO3/c1-36-27-19-17-25(18-20-27)33(35)32-31-28(21-22-29(31)37-34(32)26-15-9-4-10-16-26)30(23-11-5-2-6-12-23)24-13-7-3-8-14-24/h2-22,29,31-32H,1H3/t29-,31+,32+/m1/s1. The molecule has 0 saturated carbocycles. The van der Waals surface area contributed by atoms with Gasteiger partial charge in [-0.05, 0) is 58.7 Å². The molecule has 0 radical (unpaired) electrons. The average molecular weight is 486 g/mol. The maximum absolute atomic E-state index is 14.2. The van der Waals surface area contributed by atoms with Crippen molar-refractivity contribution in [3.8, 4) is 5.75 Å². The summed E-state index contributed by atoms with van der Waals surface area (Å²) in [6, 6.07) is 37.4. The zero-order chi connectivity index (χ0) is 25.2. The maximum atomic E-state index is 14.2. The average Bonchev–Trinajstić information content (AvgIpc) is 3.55. The van der Waals surface area contributed by atoms with Crippen LogP contribution >= 0.6 is 0 Å². The molecule has 1 heterocycles. The van der Waals surface area contributed by atoms with Crippen LogP contribution in [0.15, 0.2) is 133 Å². The molecular formula is C33H27NO3. The van der Waals surface area contributed by atoms with Crippen LogP contribution in [0.4, 0.5) is 5.69 Å². The van der Waals surface area contributed by atoms with Gasteiger partial charge in [0.2, 0.25) is 0 Å². The Labute approximate surface area is 217 Å². The van der Waals surface area contributed by atoms with Crippen molar-refractivity contribution in [3.05, 3.63) is 150 Å². The van der Waals surface area contributed by atoms with Gasteiger partial charge in [-0.15, -0.1) is 0 Å². The minimum atomic E-state index is -0.534. The van der Waals surface area contributed by atoms with Gasteiger partial charge in [0.1, 0.15) is 17.9 Å². The van der Waals surface area contributed by atoms with Crippen molar-refractivity contribution in [1.82, 2.24) is 0 Å². The Morgan fingerprint density at radius 3 is 1.86 bits per heavy atom. The first-order chi connectivity index (χ1) is 18.2. The number of benzene rings is 4. The molecule has 3 atom stereocenters. The lowest BCUT2D eigenvalue weighted by molar-refractivity contribution is 0.0885. The summed E-state index contributed by atoms with van der Waals surface area (Å²) < 4.78 is 5.32. The van der Waals surface area contributed by atoms with E-state index in [1.54, 1.807) is 12.2 Å². The number of allylic oxidation sites excluding steroid dienone is 1. The van der Waals surface area contributed by atoms with E-state index < -0.39 is 6.04 Å². The number of methoxy groups -OCH3 is 1. The Morgan fingerprint density at radius 2 is 1.30 bits per heavy atom. The summed E-state index contributed by atoms with van der Waals surface area (Å²) in [6.07, 6.45) is 3.98. The van der Waals surface area contributed by atoms with Gasteiger partial charge < -0.3 is 4.74 Å². The quantitative estimate of drug-likeness (QED) is 0.283. The Hall–Kier alpha value is -4.41. The molecular weight excluding hydrogens is 458 g/mol. The number of nitrogens with zero attached hydrogens (tertiary/aromatic N) is 1. The number of hydrogen-bond donors (Lipinski definition) is 0. The van der Waals surface area contributed by atoms with Crippen molar-refractivity contribution in [2.24, 2.45) is 5.92 Å². The third-order valence-electron chi connectivity index (χ3n) is 7.07. The number of hydroxylamine groups is 1. The van der Waals surface area contributed by atoms with E-state index in [1.807, 2.05) is 66.7 Å². The predicted molar refractivity (Wildman–Crippen MR) is 146 cm³/mol. The van der Waals surface area contributed by atoms with Crippen LogP contribution in [0.25, 0.3) is 5.57 Å². The normalized spacial score (nSPS) is 20.1. The van der Waals surface area contributed by atoms with E-state index in [0.717, 1.165) is 33.7 Å². The van der Waals surface area contributed by atoms with Crippen LogP contribution in [0.1, 0.15) is 21.5 Å². The number of anilines is 1. The molecule has 1 aliphatic carbocycles. The molecule has 0 unspecified atom stereocenters. The molecule has 0 N–H and O–H groups in total. The van der Waals surface area contributed by atoms with E-state index in [0.29, 0.717) is 5.56 Å². The van der Waals surface area contributed by atoms with Gasteiger partial charge in [0.15, 0.2) is 5.78 Å². The van der Waals surface area contributed by atoms with Gasteiger partial charge >= 0.3 is 0 Å². The second kappa shape index (κ2) is 9.92. The number of Topliss-reactive ketones (excluding diaryl/α,β-unsaturated/α-hetero) is 1. The fourth-order valence-electron chi connectivity index (χ4n) is 5.35. The first kappa shape index (κ1) is 23.0. The monoisotopic (exact) mass is 485 g/mol.